The van der Waals surface area contributed by atoms with Crippen molar-refractivity contribution < 1.29 is 19.4 Å². The third-order valence-corrected chi connectivity index (χ3v) is 3.19. The van der Waals surface area contributed by atoms with E-state index < -0.39 is 6.10 Å². The normalized spacial score (nSPS) is 15.9. The zero-order valence-electron chi connectivity index (χ0n) is 12.0. The van der Waals surface area contributed by atoms with Crippen LogP contribution < -0.4 is 15.0 Å². The van der Waals surface area contributed by atoms with Gasteiger partial charge in [0.05, 0.1) is 6.10 Å². The number of hydrogen-bond donors (Lipinski definition) is 2. The molecule has 2 N–H and O–H groups in total. The zero-order valence-corrected chi connectivity index (χ0v) is 12.0. The Morgan fingerprint density at radius 2 is 2.14 bits per heavy atom. The van der Waals surface area contributed by atoms with E-state index >= 15 is 0 Å². The molecule has 2 amide bonds. The van der Waals surface area contributed by atoms with Crippen molar-refractivity contribution in [1.82, 2.24) is 5.32 Å². The number of anilines is 1. The van der Waals surface area contributed by atoms with Crippen molar-refractivity contribution in [3.05, 3.63) is 24.3 Å². The highest BCUT2D eigenvalue weighted by Crippen LogP contribution is 2.23. The SMILES string of the molecule is CC(O)CNC(=O)COc1ccc(N2CCCC2=O)cc1. The second-order valence-electron chi connectivity index (χ2n) is 5.08. The van der Waals surface area contributed by atoms with Crippen LogP contribution in [0.2, 0.25) is 0 Å². The highest BCUT2D eigenvalue weighted by molar-refractivity contribution is 5.95. The van der Waals surface area contributed by atoms with Gasteiger partial charge in [-0.2, -0.15) is 0 Å². The topological polar surface area (TPSA) is 78.9 Å². The molecule has 1 saturated heterocycles. The van der Waals surface area contributed by atoms with Gasteiger partial charge in [-0.15, -0.1) is 0 Å². The summed E-state index contributed by atoms with van der Waals surface area (Å²) in [7, 11) is 0. The van der Waals surface area contributed by atoms with Crippen LogP contribution in [0, 0.1) is 0 Å². The highest BCUT2D eigenvalue weighted by atomic mass is 16.5. The molecule has 1 unspecified atom stereocenters. The maximum Gasteiger partial charge on any atom is 0.258 e. The molecule has 1 aromatic carbocycles. The lowest BCUT2D eigenvalue weighted by atomic mass is 10.3. The van der Waals surface area contributed by atoms with E-state index in [9.17, 15) is 9.59 Å². The molecule has 6 nitrogen and oxygen atoms in total. The molecule has 2 rings (SSSR count). The monoisotopic (exact) mass is 292 g/mol. The molecule has 1 aliphatic rings. The maximum atomic E-state index is 11.6. The summed E-state index contributed by atoms with van der Waals surface area (Å²) in [5, 5.41) is 11.6. The fraction of sp³-hybridized carbons (Fsp3) is 0.467. The number of nitrogens with one attached hydrogen (secondary N) is 1. The number of hydrogen-bond acceptors (Lipinski definition) is 4. The second kappa shape index (κ2) is 7.08. The van der Waals surface area contributed by atoms with E-state index in [4.69, 9.17) is 9.84 Å². The van der Waals surface area contributed by atoms with E-state index in [1.54, 1.807) is 24.0 Å². The third-order valence-electron chi connectivity index (χ3n) is 3.19. The van der Waals surface area contributed by atoms with Gasteiger partial charge in [-0.25, -0.2) is 0 Å². The Hall–Kier alpha value is -2.08. The molecule has 1 heterocycles. The van der Waals surface area contributed by atoms with Crippen molar-refractivity contribution in [2.75, 3.05) is 24.6 Å². The Bertz CT molecular complexity index is 499. The average Bonchev–Trinajstić information content (AvgIpc) is 2.89. The van der Waals surface area contributed by atoms with E-state index in [0.29, 0.717) is 12.2 Å². The molecular weight excluding hydrogens is 272 g/mol. The number of carbonyl (C=O) groups is 2. The Labute approximate surface area is 123 Å². The van der Waals surface area contributed by atoms with Crippen LogP contribution in [0.25, 0.3) is 0 Å². The van der Waals surface area contributed by atoms with Gasteiger partial charge in [0.25, 0.3) is 5.91 Å². The molecule has 1 aromatic rings. The Balaban J connectivity index is 1.82. The number of aliphatic hydroxyl groups excluding tert-OH is 1. The molecule has 1 atom stereocenters. The Morgan fingerprint density at radius 3 is 2.71 bits per heavy atom. The van der Waals surface area contributed by atoms with Crippen molar-refractivity contribution in [1.29, 1.82) is 0 Å². The molecule has 1 aliphatic heterocycles. The summed E-state index contributed by atoms with van der Waals surface area (Å²) in [5.41, 5.74) is 0.850. The molecule has 0 radical (unpaired) electrons. The summed E-state index contributed by atoms with van der Waals surface area (Å²) in [4.78, 5) is 24.8. The fourth-order valence-electron chi connectivity index (χ4n) is 2.10. The van der Waals surface area contributed by atoms with Gasteiger partial charge in [0.2, 0.25) is 5.91 Å². The van der Waals surface area contributed by atoms with Gasteiger partial charge in [-0.1, -0.05) is 0 Å². The number of amides is 2. The lowest BCUT2D eigenvalue weighted by Gasteiger charge is -2.16. The molecule has 0 saturated carbocycles. The van der Waals surface area contributed by atoms with Crippen LogP contribution in [0.4, 0.5) is 5.69 Å². The first-order chi connectivity index (χ1) is 10.1. The fourth-order valence-corrected chi connectivity index (χ4v) is 2.10. The molecule has 0 spiro atoms. The third kappa shape index (κ3) is 4.46. The largest absolute Gasteiger partial charge is 0.484 e. The van der Waals surface area contributed by atoms with E-state index in [1.807, 2.05) is 12.1 Å². The molecular formula is C15H20N2O4. The van der Waals surface area contributed by atoms with Crippen LogP contribution in [0.15, 0.2) is 24.3 Å². The summed E-state index contributed by atoms with van der Waals surface area (Å²) in [6.07, 6.45) is 0.911. The van der Waals surface area contributed by atoms with Crippen molar-refractivity contribution in [3.8, 4) is 5.75 Å². The van der Waals surface area contributed by atoms with Gasteiger partial charge >= 0.3 is 0 Å². The van der Waals surface area contributed by atoms with Gasteiger partial charge < -0.3 is 20.1 Å². The lowest BCUT2D eigenvalue weighted by Crippen LogP contribution is -2.34. The predicted octanol–water partition coefficient (Wildman–Crippen LogP) is 0.689. The van der Waals surface area contributed by atoms with Gasteiger partial charge in [-0.3, -0.25) is 9.59 Å². The van der Waals surface area contributed by atoms with Crippen molar-refractivity contribution in [2.24, 2.45) is 0 Å². The van der Waals surface area contributed by atoms with Crippen LogP contribution >= 0.6 is 0 Å². The lowest BCUT2D eigenvalue weighted by molar-refractivity contribution is -0.123. The smallest absolute Gasteiger partial charge is 0.258 e. The summed E-state index contributed by atoms with van der Waals surface area (Å²) in [6, 6.07) is 7.10. The van der Waals surface area contributed by atoms with Crippen LogP contribution in [0.1, 0.15) is 19.8 Å². The van der Waals surface area contributed by atoms with E-state index in [-0.39, 0.29) is 25.0 Å². The summed E-state index contributed by atoms with van der Waals surface area (Å²) in [5.74, 6) is 0.424. The summed E-state index contributed by atoms with van der Waals surface area (Å²) in [6.45, 7) is 2.45. The number of nitrogens with zero attached hydrogens (tertiary/aromatic N) is 1. The first-order valence-electron chi connectivity index (χ1n) is 7.04. The van der Waals surface area contributed by atoms with Gasteiger partial charge in [-0.05, 0) is 37.6 Å². The van der Waals surface area contributed by atoms with Crippen LogP contribution in [0.5, 0.6) is 5.75 Å². The maximum absolute atomic E-state index is 11.6. The zero-order chi connectivity index (χ0) is 15.2. The minimum absolute atomic E-state index is 0.102. The molecule has 0 aromatic heterocycles. The highest BCUT2D eigenvalue weighted by Gasteiger charge is 2.21. The number of aliphatic hydroxyl groups is 1. The minimum Gasteiger partial charge on any atom is -0.484 e. The van der Waals surface area contributed by atoms with Crippen LogP contribution in [-0.2, 0) is 9.59 Å². The van der Waals surface area contributed by atoms with Crippen molar-refractivity contribution in [2.45, 2.75) is 25.9 Å². The van der Waals surface area contributed by atoms with Gasteiger partial charge in [0.15, 0.2) is 6.61 Å². The number of ether oxygens (including phenoxy) is 1. The van der Waals surface area contributed by atoms with E-state index in [1.165, 1.54) is 0 Å². The molecule has 21 heavy (non-hydrogen) atoms. The molecule has 1 fully saturated rings. The van der Waals surface area contributed by atoms with Crippen molar-refractivity contribution in [3.63, 3.8) is 0 Å². The number of rotatable bonds is 6. The van der Waals surface area contributed by atoms with E-state index in [2.05, 4.69) is 5.32 Å². The molecule has 0 bridgehead atoms. The van der Waals surface area contributed by atoms with Crippen LogP contribution in [0.3, 0.4) is 0 Å². The molecule has 0 aliphatic carbocycles. The predicted molar refractivity (Wildman–Crippen MR) is 78.2 cm³/mol. The quantitative estimate of drug-likeness (QED) is 0.808. The average molecular weight is 292 g/mol. The first kappa shape index (κ1) is 15.3. The molecule has 6 heteroatoms. The van der Waals surface area contributed by atoms with Gasteiger partial charge in [0, 0.05) is 25.2 Å². The summed E-state index contributed by atoms with van der Waals surface area (Å²) < 4.78 is 5.35. The molecule has 114 valence electrons. The minimum atomic E-state index is -0.578. The first-order valence-corrected chi connectivity index (χ1v) is 7.04. The Morgan fingerprint density at radius 1 is 1.43 bits per heavy atom. The van der Waals surface area contributed by atoms with E-state index in [0.717, 1.165) is 18.7 Å². The number of carbonyl (C=O) groups excluding carboxylic acids is 2. The second-order valence-corrected chi connectivity index (χ2v) is 5.08. The number of benzene rings is 1. The van der Waals surface area contributed by atoms with Crippen LogP contribution in [-0.4, -0.2) is 42.7 Å². The standard InChI is InChI=1S/C15H20N2O4/c1-11(18)9-16-14(19)10-21-13-6-4-12(5-7-13)17-8-2-3-15(17)20/h4-7,11,18H,2-3,8-10H2,1H3,(H,16,19). The van der Waals surface area contributed by atoms with Gasteiger partial charge in [0.1, 0.15) is 5.75 Å². The summed E-state index contributed by atoms with van der Waals surface area (Å²) >= 11 is 0. The van der Waals surface area contributed by atoms with Crippen molar-refractivity contribution >= 4 is 17.5 Å². The Kier molecular flexibility index (Phi) is 5.16.